The first-order valence-corrected chi connectivity index (χ1v) is 10.4. The van der Waals surface area contributed by atoms with Crippen LogP contribution in [0.15, 0.2) is 93.4 Å². The van der Waals surface area contributed by atoms with Crippen molar-refractivity contribution in [2.45, 2.75) is 4.34 Å². The highest BCUT2D eigenvalue weighted by Gasteiger charge is 2.08. The van der Waals surface area contributed by atoms with E-state index in [-0.39, 0.29) is 5.91 Å². The number of thiazole rings is 1. The van der Waals surface area contributed by atoms with Gasteiger partial charge >= 0.3 is 0 Å². The monoisotopic (exact) mass is 404 g/mol. The van der Waals surface area contributed by atoms with Crippen molar-refractivity contribution in [3.05, 3.63) is 78.9 Å². The number of nitrogens with one attached hydrogen (secondary N) is 1. The molecule has 4 rings (SSSR count). The first-order valence-electron chi connectivity index (χ1n) is 8.61. The van der Waals surface area contributed by atoms with Gasteiger partial charge in [-0.15, -0.1) is 11.3 Å². The summed E-state index contributed by atoms with van der Waals surface area (Å²) >= 11 is 3.04. The number of aromatic nitrogens is 1. The van der Waals surface area contributed by atoms with Crippen LogP contribution in [0.2, 0.25) is 0 Å². The number of para-hydroxylation sites is 1. The van der Waals surface area contributed by atoms with Crippen LogP contribution in [0.4, 0.5) is 17.1 Å². The van der Waals surface area contributed by atoms with E-state index in [0.29, 0.717) is 5.75 Å². The van der Waals surface area contributed by atoms with E-state index < -0.39 is 0 Å². The van der Waals surface area contributed by atoms with Gasteiger partial charge in [-0.05, 0) is 48.5 Å². The number of fused-ring (bicyclic) bond motifs is 1. The molecule has 0 aliphatic rings. The topological polar surface area (TPSA) is 66.7 Å². The van der Waals surface area contributed by atoms with Gasteiger partial charge in [-0.25, -0.2) is 4.98 Å². The fourth-order valence-electron chi connectivity index (χ4n) is 2.46. The van der Waals surface area contributed by atoms with Gasteiger partial charge in [0.25, 0.3) is 0 Å². The zero-order valence-electron chi connectivity index (χ0n) is 14.8. The predicted octanol–water partition coefficient (Wildman–Crippen LogP) is 6.44. The number of anilines is 1. The fourth-order valence-corrected chi connectivity index (χ4v) is 4.33. The molecule has 28 heavy (non-hydrogen) atoms. The second-order valence-electron chi connectivity index (χ2n) is 5.87. The summed E-state index contributed by atoms with van der Waals surface area (Å²) in [5.41, 5.74) is 3.22. The van der Waals surface area contributed by atoms with Crippen LogP contribution < -0.4 is 5.32 Å². The van der Waals surface area contributed by atoms with Gasteiger partial charge in [0, 0.05) is 5.69 Å². The number of hydrogen-bond acceptors (Lipinski definition) is 6. The minimum Gasteiger partial charge on any atom is -0.325 e. The zero-order chi connectivity index (χ0) is 19.2. The second-order valence-corrected chi connectivity index (χ2v) is 8.12. The van der Waals surface area contributed by atoms with Crippen LogP contribution in [0.25, 0.3) is 10.2 Å². The number of carbonyl (C=O) groups excluding carboxylic acids is 1. The van der Waals surface area contributed by atoms with E-state index in [2.05, 4.69) is 20.5 Å². The predicted molar refractivity (Wildman–Crippen MR) is 116 cm³/mol. The smallest absolute Gasteiger partial charge is 0.234 e. The number of thioether (sulfide) groups is 1. The molecule has 0 fully saturated rings. The van der Waals surface area contributed by atoms with Gasteiger partial charge in [0.15, 0.2) is 4.34 Å². The lowest BCUT2D eigenvalue weighted by molar-refractivity contribution is -0.113. The molecule has 1 N–H and O–H groups in total. The highest BCUT2D eigenvalue weighted by atomic mass is 32.2. The lowest BCUT2D eigenvalue weighted by atomic mass is 10.3. The molecule has 1 aromatic heterocycles. The van der Waals surface area contributed by atoms with Gasteiger partial charge in [0.1, 0.15) is 0 Å². The van der Waals surface area contributed by atoms with Crippen molar-refractivity contribution in [2.75, 3.05) is 11.1 Å². The van der Waals surface area contributed by atoms with Crippen LogP contribution in [0, 0.1) is 0 Å². The summed E-state index contributed by atoms with van der Waals surface area (Å²) in [6, 6.07) is 24.8. The van der Waals surface area contributed by atoms with Crippen LogP contribution in [-0.4, -0.2) is 16.6 Å². The van der Waals surface area contributed by atoms with Crippen molar-refractivity contribution < 1.29 is 4.79 Å². The molecular weight excluding hydrogens is 388 g/mol. The number of hydrogen-bond donors (Lipinski definition) is 1. The van der Waals surface area contributed by atoms with Crippen LogP contribution in [-0.2, 0) is 4.79 Å². The normalized spacial score (nSPS) is 11.1. The molecule has 0 saturated heterocycles. The summed E-state index contributed by atoms with van der Waals surface area (Å²) < 4.78 is 2.03. The Morgan fingerprint density at radius 3 is 2.32 bits per heavy atom. The van der Waals surface area contributed by atoms with Gasteiger partial charge in [0.2, 0.25) is 5.91 Å². The summed E-state index contributed by atoms with van der Waals surface area (Å²) in [6.45, 7) is 0. The molecule has 0 aliphatic heterocycles. The summed E-state index contributed by atoms with van der Waals surface area (Å²) in [4.78, 5) is 16.7. The highest BCUT2D eigenvalue weighted by molar-refractivity contribution is 8.01. The summed E-state index contributed by atoms with van der Waals surface area (Å²) in [7, 11) is 0. The first kappa shape index (κ1) is 18.3. The third kappa shape index (κ3) is 4.82. The molecule has 7 heteroatoms. The van der Waals surface area contributed by atoms with Crippen molar-refractivity contribution in [3.8, 4) is 0 Å². The maximum atomic E-state index is 12.2. The molecule has 0 bridgehead atoms. The minimum absolute atomic E-state index is 0.0667. The van der Waals surface area contributed by atoms with Crippen molar-refractivity contribution in [1.82, 2.24) is 4.98 Å². The number of nitrogens with zero attached hydrogens (tertiary/aromatic N) is 3. The number of azo groups is 1. The van der Waals surface area contributed by atoms with Gasteiger partial charge in [0.05, 0.1) is 27.3 Å². The van der Waals surface area contributed by atoms with Gasteiger partial charge in [-0.1, -0.05) is 42.1 Å². The number of carbonyl (C=O) groups is 1. The molecule has 1 heterocycles. The Hall–Kier alpha value is -3.03. The third-order valence-corrected chi connectivity index (χ3v) is 5.97. The summed E-state index contributed by atoms with van der Waals surface area (Å²) in [6.07, 6.45) is 0. The Kier molecular flexibility index (Phi) is 5.75. The third-order valence-electron chi connectivity index (χ3n) is 3.79. The summed E-state index contributed by atoms with van der Waals surface area (Å²) in [5, 5.41) is 11.3. The van der Waals surface area contributed by atoms with Crippen LogP contribution in [0.1, 0.15) is 0 Å². The average molecular weight is 405 g/mol. The maximum absolute atomic E-state index is 12.2. The number of amides is 1. The molecular formula is C21H16N4OS2. The maximum Gasteiger partial charge on any atom is 0.234 e. The van der Waals surface area contributed by atoms with Gasteiger partial charge < -0.3 is 5.32 Å². The van der Waals surface area contributed by atoms with Gasteiger partial charge in [-0.3, -0.25) is 4.79 Å². The Bertz CT molecular complexity index is 1080. The van der Waals surface area contributed by atoms with E-state index in [1.807, 2.05) is 78.9 Å². The molecule has 138 valence electrons. The van der Waals surface area contributed by atoms with Crippen LogP contribution in [0.3, 0.4) is 0 Å². The average Bonchev–Trinajstić information content (AvgIpc) is 3.16. The SMILES string of the molecule is O=C(CSc1nc2ccccc2s1)Nc1ccc(N=Nc2ccccc2)cc1. The Morgan fingerprint density at radius 1 is 0.893 bits per heavy atom. The van der Waals surface area contributed by atoms with Crippen molar-refractivity contribution >= 4 is 56.3 Å². The van der Waals surface area contributed by atoms with Crippen molar-refractivity contribution in [1.29, 1.82) is 0 Å². The van der Waals surface area contributed by atoms with E-state index in [9.17, 15) is 4.79 Å². The largest absolute Gasteiger partial charge is 0.325 e. The molecule has 0 atom stereocenters. The lowest BCUT2D eigenvalue weighted by Crippen LogP contribution is -2.13. The van der Waals surface area contributed by atoms with Crippen LogP contribution >= 0.6 is 23.1 Å². The minimum atomic E-state index is -0.0667. The standard InChI is InChI=1S/C21H16N4OS2/c26-20(14-27-21-23-18-8-4-5-9-19(18)28-21)22-15-10-12-17(13-11-15)25-24-16-6-2-1-3-7-16/h1-13H,14H2,(H,22,26). The summed E-state index contributed by atoms with van der Waals surface area (Å²) in [5.74, 6) is 0.248. The number of benzene rings is 3. The van der Waals surface area contributed by atoms with E-state index in [4.69, 9.17) is 0 Å². The lowest BCUT2D eigenvalue weighted by Gasteiger charge is -2.04. The highest BCUT2D eigenvalue weighted by Crippen LogP contribution is 2.29. The molecule has 0 spiro atoms. The molecule has 5 nitrogen and oxygen atoms in total. The Balaban J connectivity index is 1.31. The second kappa shape index (κ2) is 8.77. The molecule has 0 saturated carbocycles. The molecule has 0 unspecified atom stereocenters. The van der Waals surface area contributed by atoms with Gasteiger partial charge in [-0.2, -0.15) is 10.2 Å². The van der Waals surface area contributed by atoms with Crippen molar-refractivity contribution in [2.24, 2.45) is 10.2 Å². The molecule has 4 aromatic rings. The zero-order valence-corrected chi connectivity index (χ0v) is 16.4. The molecule has 1 amide bonds. The molecule has 0 aliphatic carbocycles. The first-order chi connectivity index (χ1) is 13.8. The van der Waals surface area contributed by atoms with E-state index in [1.54, 1.807) is 11.3 Å². The Labute approximate surface area is 170 Å². The quantitative estimate of drug-likeness (QED) is 0.297. The van der Waals surface area contributed by atoms with Crippen molar-refractivity contribution in [3.63, 3.8) is 0 Å². The van der Waals surface area contributed by atoms with E-state index >= 15 is 0 Å². The molecule has 0 radical (unpaired) electrons. The van der Waals surface area contributed by atoms with E-state index in [0.717, 1.165) is 31.6 Å². The molecule has 3 aromatic carbocycles. The van der Waals surface area contributed by atoms with E-state index in [1.165, 1.54) is 11.8 Å². The Morgan fingerprint density at radius 2 is 1.57 bits per heavy atom. The number of rotatable bonds is 6. The van der Waals surface area contributed by atoms with Crippen LogP contribution in [0.5, 0.6) is 0 Å². The fraction of sp³-hybridized carbons (Fsp3) is 0.0476.